The molecule has 0 bridgehead atoms. The molecule has 1 aliphatic heterocycles. The molecule has 1 atom stereocenters. The third kappa shape index (κ3) is 2.26. The SMILES string of the molecule is O=C(O)[C@@H]1CCCN1C(=O)c1cc(O)ccc1Cl. The average molecular weight is 270 g/mol. The van der Waals surface area contributed by atoms with Gasteiger partial charge in [-0.2, -0.15) is 0 Å². The number of carboxylic acids is 1. The third-order valence-electron chi connectivity index (χ3n) is 2.98. The minimum Gasteiger partial charge on any atom is -0.508 e. The van der Waals surface area contributed by atoms with Gasteiger partial charge in [0.05, 0.1) is 10.6 Å². The predicted molar refractivity (Wildman–Crippen MR) is 64.8 cm³/mol. The second-order valence-corrected chi connectivity index (χ2v) is 4.57. The summed E-state index contributed by atoms with van der Waals surface area (Å²) in [4.78, 5) is 24.5. The van der Waals surface area contributed by atoms with E-state index in [0.29, 0.717) is 19.4 Å². The standard InChI is InChI=1S/C12H12ClNO4/c13-9-4-3-7(15)6-8(9)11(16)14-5-1-2-10(14)12(17)18/h3-4,6,10,15H,1-2,5H2,(H,17,18)/t10-/m0/s1. The maximum absolute atomic E-state index is 12.2. The molecule has 1 fully saturated rings. The number of phenolic OH excluding ortho intramolecular Hbond substituents is 1. The molecule has 0 aromatic heterocycles. The number of carboxylic acid groups (broad SMARTS) is 1. The number of aromatic hydroxyl groups is 1. The largest absolute Gasteiger partial charge is 0.508 e. The van der Waals surface area contributed by atoms with Crippen molar-refractivity contribution in [2.24, 2.45) is 0 Å². The van der Waals surface area contributed by atoms with E-state index in [4.69, 9.17) is 16.7 Å². The summed E-state index contributed by atoms with van der Waals surface area (Å²) >= 11 is 5.89. The fraction of sp³-hybridized carbons (Fsp3) is 0.333. The van der Waals surface area contributed by atoms with Crippen molar-refractivity contribution in [1.82, 2.24) is 4.90 Å². The summed E-state index contributed by atoms with van der Waals surface area (Å²) in [6, 6.07) is 3.23. The fourth-order valence-electron chi connectivity index (χ4n) is 2.10. The molecule has 0 unspecified atom stereocenters. The van der Waals surface area contributed by atoms with Gasteiger partial charge in [0.1, 0.15) is 11.8 Å². The first-order chi connectivity index (χ1) is 8.50. The highest BCUT2D eigenvalue weighted by molar-refractivity contribution is 6.33. The van der Waals surface area contributed by atoms with Crippen molar-refractivity contribution in [3.63, 3.8) is 0 Å². The van der Waals surface area contributed by atoms with Crippen molar-refractivity contribution < 1.29 is 19.8 Å². The molecule has 0 saturated carbocycles. The van der Waals surface area contributed by atoms with Crippen LogP contribution in [0.2, 0.25) is 5.02 Å². The second-order valence-electron chi connectivity index (χ2n) is 4.16. The van der Waals surface area contributed by atoms with Crippen LogP contribution in [0.3, 0.4) is 0 Å². The van der Waals surface area contributed by atoms with E-state index >= 15 is 0 Å². The van der Waals surface area contributed by atoms with Crippen LogP contribution < -0.4 is 0 Å². The van der Waals surface area contributed by atoms with Crippen LogP contribution in [-0.2, 0) is 4.79 Å². The molecule has 2 rings (SSSR count). The Morgan fingerprint density at radius 2 is 2.11 bits per heavy atom. The first-order valence-electron chi connectivity index (χ1n) is 5.53. The lowest BCUT2D eigenvalue weighted by Gasteiger charge is -2.21. The van der Waals surface area contributed by atoms with Crippen LogP contribution in [0.15, 0.2) is 18.2 Å². The zero-order valence-electron chi connectivity index (χ0n) is 9.47. The number of halogens is 1. The normalized spacial score (nSPS) is 18.9. The Labute approximate surface area is 109 Å². The van der Waals surface area contributed by atoms with Gasteiger partial charge in [-0.15, -0.1) is 0 Å². The first-order valence-corrected chi connectivity index (χ1v) is 5.91. The van der Waals surface area contributed by atoms with E-state index in [-0.39, 0.29) is 16.3 Å². The van der Waals surface area contributed by atoms with Crippen LogP contribution in [0.25, 0.3) is 0 Å². The van der Waals surface area contributed by atoms with E-state index < -0.39 is 17.9 Å². The van der Waals surface area contributed by atoms with Gasteiger partial charge in [0.15, 0.2) is 0 Å². The predicted octanol–water partition coefficient (Wildman–Crippen LogP) is 1.73. The summed E-state index contributed by atoms with van der Waals surface area (Å²) in [7, 11) is 0. The maximum Gasteiger partial charge on any atom is 0.326 e. The van der Waals surface area contributed by atoms with E-state index in [9.17, 15) is 14.7 Å². The van der Waals surface area contributed by atoms with Crippen molar-refractivity contribution in [2.45, 2.75) is 18.9 Å². The summed E-state index contributed by atoms with van der Waals surface area (Å²) < 4.78 is 0. The Balaban J connectivity index is 2.31. The molecule has 2 N–H and O–H groups in total. The van der Waals surface area contributed by atoms with Crippen molar-refractivity contribution in [3.05, 3.63) is 28.8 Å². The van der Waals surface area contributed by atoms with Crippen LogP contribution in [-0.4, -0.2) is 39.6 Å². The van der Waals surface area contributed by atoms with Gasteiger partial charge in [-0.1, -0.05) is 11.6 Å². The minimum absolute atomic E-state index is 0.0752. The molecule has 96 valence electrons. The summed E-state index contributed by atoms with van der Waals surface area (Å²) in [6.45, 7) is 0.391. The average Bonchev–Trinajstić information content (AvgIpc) is 2.80. The Morgan fingerprint density at radius 1 is 1.39 bits per heavy atom. The monoisotopic (exact) mass is 269 g/mol. The van der Waals surface area contributed by atoms with E-state index in [1.165, 1.54) is 23.1 Å². The number of rotatable bonds is 2. The van der Waals surface area contributed by atoms with Crippen LogP contribution in [0, 0.1) is 0 Å². The third-order valence-corrected chi connectivity index (χ3v) is 3.31. The highest BCUT2D eigenvalue weighted by Gasteiger charge is 2.35. The van der Waals surface area contributed by atoms with Crippen molar-refractivity contribution in [3.8, 4) is 5.75 Å². The topological polar surface area (TPSA) is 77.8 Å². The number of benzene rings is 1. The van der Waals surface area contributed by atoms with Gasteiger partial charge in [-0.25, -0.2) is 4.79 Å². The molecule has 6 heteroatoms. The van der Waals surface area contributed by atoms with Gasteiger partial charge in [0.25, 0.3) is 5.91 Å². The molecule has 1 heterocycles. The van der Waals surface area contributed by atoms with Gasteiger partial charge >= 0.3 is 5.97 Å². The van der Waals surface area contributed by atoms with Crippen LogP contribution in [0.5, 0.6) is 5.75 Å². The maximum atomic E-state index is 12.2. The summed E-state index contributed by atoms with van der Waals surface area (Å²) in [5, 5.41) is 18.6. The Kier molecular flexibility index (Phi) is 3.43. The number of nitrogens with zero attached hydrogens (tertiary/aromatic N) is 1. The molecule has 1 amide bonds. The zero-order chi connectivity index (χ0) is 13.3. The number of hydrogen-bond donors (Lipinski definition) is 2. The lowest BCUT2D eigenvalue weighted by molar-refractivity contribution is -0.141. The molecular weight excluding hydrogens is 258 g/mol. The minimum atomic E-state index is -1.02. The lowest BCUT2D eigenvalue weighted by atomic mass is 10.1. The number of hydrogen-bond acceptors (Lipinski definition) is 3. The Morgan fingerprint density at radius 3 is 2.78 bits per heavy atom. The van der Waals surface area contributed by atoms with Crippen LogP contribution in [0.1, 0.15) is 23.2 Å². The molecule has 1 aromatic rings. The van der Waals surface area contributed by atoms with Crippen LogP contribution in [0.4, 0.5) is 0 Å². The molecule has 0 radical (unpaired) electrons. The summed E-state index contributed by atoms with van der Waals surface area (Å²) in [5.41, 5.74) is 0.129. The molecule has 1 saturated heterocycles. The Bertz CT molecular complexity index is 503. The smallest absolute Gasteiger partial charge is 0.326 e. The first kappa shape index (κ1) is 12.7. The lowest BCUT2D eigenvalue weighted by Crippen LogP contribution is -2.40. The number of carbonyl (C=O) groups is 2. The number of aliphatic carboxylic acids is 1. The number of likely N-dealkylation sites (tertiary alicyclic amines) is 1. The van der Waals surface area contributed by atoms with Gasteiger partial charge in [-0.3, -0.25) is 4.79 Å². The van der Waals surface area contributed by atoms with Crippen molar-refractivity contribution in [1.29, 1.82) is 0 Å². The highest BCUT2D eigenvalue weighted by Crippen LogP contribution is 2.26. The van der Waals surface area contributed by atoms with E-state index in [1.54, 1.807) is 0 Å². The second kappa shape index (κ2) is 4.86. The summed E-state index contributed by atoms with van der Waals surface area (Å²) in [5.74, 6) is -1.55. The van der Waals surface area contributed by atoms with Gasteiger partial charge in [0.2, 0.25) is 0 Å². The number of carbonyl (C=O) groups excluding carboxylic acids is 1. The van der Waals surface area contributed by atoms with Gasteiger partial charge in [-0.05, 0) is 31.0 Å². The molecule has 5 nitrogen and oxygen atoms in total. The van der Waals surface area contributed by atoms with Crippen molar-refractivity contribution >= 4 is 23.5 Å². The van der Waals surface area contributed by atoms with Gasteiger partial charge < -0.3 is 15.1 Å². The highest BCUT2D eigenvalue weighted by atomic mass is 35.5. The Hall–Kier alpha value is -1.75. The summed E-state index contributed by atoms with van der Waals surface area (Å²) in [6.07, 6.45) is 1.09. The number of amides is 1. The van der Waals surface area contributed by atoms with E-state index in [1.807, 2.05) is 0 Å². The van der Waals surface area contributed by atoms with E-state index in [2.05, 4.69) is 0 Å². The van der Waals surface area contributed by atoms with Gasteiger partial charge in [0, 0.05) is 6.54 Å². The molecule has 1 aliphatic rings. The number of phenols is 1. The molecular formula is C12H12ClNO4. The van der Waals surface area contributed by atoms with E-state index in [0.717, 1.165) is 0 Å². The molecule has 1 aromatic carbocycles. The van der Waals surface area contributed by atoms with Crippen LogP contribution >= 0.6 is 11.6 Å². The molecule has 18 heavy (non-hydrogen) atoms. The molecule has 0 spiro atoms. The molecule has 0 aliphatic carbocycles. The quantitative estimate of drug-likeness (QED) is 0.857. The zero-order valence-corrected chi connectivity index (χ0v) is 10.2. The fourth-order valence-corrected chi connectivity index (χ4v) is 2.30. The van der Waals surface area contributed by atoms with Crippen molar-refractivity contribution in [2.75, 3.05) is 6.54 Å².